The topological polar surface area (TPSA) is 70.3 Å². The molecule has 0 amide bonds. The van der Waals surface area contributed by atoms with E-state index >= 15 is 0 Å². The predicted octanol–water partition coefficient (Wildman–Crippen LogP) is 3.09. The van der Waals surface area contributed by atoms with Crippen LogP contribution < -0.4 is 4.74 Å². The maximum absolute atomic E-state index is 10.7. The zero-order valence-electron chi connectivity index (χ0n) is 10.00. The van der Waals surface area contributed by atoms with Gasteiger partial charge in [0.15, 0.2) is 0 Å². The first-order valence-corrected chi connectivity index (χ1v) is 6.41. The van der Waals surface area contributed by atoms with Crippen molar-refractivity contribution in [3.63, 3.8) is 0 Å². The van der Waals surface area contributed by atoms with Crippen molar-refractivity contribution in [3.8, 4) is 11.8 Å². The normalized spacial score (nSPS) is 9.84. The summed E-state index contributed by atoms with van der Waals surface area (Å²) in [7, 11) is 0. The largest absolute Gasteiger partial charge is 0.488 e. The third-order valence-electron chi connectivity index (χ3n) is 2.46. The highest BCUT2D eigenvalue weighted by atomic mass is 32.1. The number of carboxylic acid groups (broad SMARTS) is 1. The molecule has 0 unspecified atom stereocenters. The summed E-state index contributed by atoms with van der Waals surface area (Å²) in [5.74, 6) is -0.218. The molecule has 1 aromatic heterocycles. The van der Waals surface area contributed by atoms with Gasteiger partial charge in [0.2, 0.25) is 0 Å². The van der Waals surface area contributed by atoms with Crippen LogP contribution in [-0.2, 0) is 13.0 Å². The minimum atomic E-state index is -0.919. The summed E-state index contributed by atoms with van der Waals surface area (Å²) in [5.41, 5.74) is 0.944. The summed E-state index contributed by atoms with van der Waals surface area (Å²) in [6.45, 7) is 0.343. The quantitative estimate of drug-likeness (QED) is 0.908. The Balaban J connectivity index is 1.94. The first-order chi connectivity index (χ1) is 9.19. The molecule has 5 heteroatoms. The third-order valence-corrected chi connectivity index (χ3v) is 3.51. The molecule has 0 aliphatic carbocycles. The minimum absolute atomic E-state index is 0.308. The zero-order valence-corrected chi connectivity index (χ0v) is 10.8. The second-order valence-corrected chi connectivity index (χ2v) is 5.01. The lowest BCUT2D eigenvalue weighted by atomic mass is 10.2. The molecule has 2 rings (SSSR count). The fraction of sp³-hybridized carbons (Fsp3) is 0.143. The van der Waals surface area contributed by atoms with Crippen LogP contribution in [-0.4, -0.2) is 11.1 Å². The van der Waals surface area contributed by atoms with Crippen molar-refractivity contribution in [2.45, 2.75) is 13.0 Å². The van der Waals surface area contributed by atoms with Gasteiger partial charge in [0, 0.05) is 4.88 Å². The molecule has 1 heterocycles. The van der Waals surface area contributed by atoms with Gasteiger partial charge in [0.25, 0.3) is 0 Å². The molecule has 0 radical (unpaired) electrons. The average molecular weight is 273 g/mol. The summed E-state index contributed by atoms with van der Waals surface area (Å²) in [6.07, 6.45) is 0.382. The highest BCUT2D eigenvalue weighted by molar-refractivity contribution is 7.13. The van der Waals surface area contributed by atoms with E-state index in [-0.39, 0.29) is 0 Å². The monoisotopic (exact) mass is 273 g/mol. The van der Waals surface area contributed by atoms with Gasteiger partial charge in [0.1, 0.15) is 17.2 Å². The fourth-order valence-electron chi connectivity index (χ4n) is 1.52. The summed E-state index contributed by atoms with van der Waals surface area (Å²) in [5, 5.41) is 17.4. The Morgan fingerprint density at radius 1 is 1.26 bits per heavy atom. The van der Waals surface area contributed by atoms with Crippen LogP contribution in [0.5, 0.6) is 5.75 Å². The Hall–Kier alpha value is -2.32. The van der Waals surface area contributed by atoms with Crippen molar-refractivity contribution in [2.24, 2.45) is 0 Å². The number of rotatable bonds is 5. The van der Waals surface area contributed by atoms with E-state index in [2.05, 4.69) is 6.07 Å². The standard InChI is InChI=1S/C14H11NO3S/c15-8-7-10-1-3-11(4-2-10)18-9-12-5-6-13(19-12)14(16)17/h1-6H,7,9H2,(H,16,17). The van der Waals surface area contributed by atoms with Gasteiger partial charge in [-0.25, -0.2) is 4.79 Å². The van der Waals surface area contributed by atoms with Crippen LogP contribution in [0.1, 0.15) is 20.1 Å². The molecule has 19 heavy (non-hydrogen) atoms. The van der Waals surface area contributed by atoms with Crippen molar-refractivity contribution in [2.75, 3.05) is 0 Å². The lowest BCUT2D eigenvalue weighted by molar-refractivity contribution is 0.0702. The number of benzene rings is 1. The molecule has 0 aliphatic rings. The van der Waals surface area contributed by atoms with E-state index in [0.29, 0.717) is 23.7 Å². The fourth-order valence-corrected chi connectivity index (χ4v) is 2.28. The number of thiophene rings is 1. The summed E-state index contributed by atoms with van der Waals surface area (Å²) in [6, 6.07) is 12.7. The summed E-state index contributed by atoms with van der Waals surface area (Å²) < 4.78 is 5.55. The zero-order chi connectivity index (χ0) is 13.7. The van der Waals surface area contributed by atoms with Crippen LogP contribution in [0.15, 0.2) is 36.4 Å². The van der Waals surface area contributed by atoms with E-state index in [1.54, 1.807) is 24.3 Å². The minimum Gasteiger partial charge on any atom is -0.488 e. The van der Waals surface area contributed by atoms with Crippen LogP contribution in [0.4, 0.5) is 0 Å². The van der Waals surface area contributed by atoms with Gasteiger partial charge >= 0.3 is 5.97 Å². The second kappa shape index (κ2) is 6.03. The average Bonchev–Trinajstić information content (AvgIpc) is 2.87. The second-order valence-electron chi connectivity index (χ2n) is 3.84. The molecule has 0 bridgehead atoms. The molecular weight excluding hydrogens is 262 g/mol. The van der Waals surface area contributed by atoms with Gasteiger partial charge in [-0.05, 0) is 29.8 Å². The van der Waals surface area contributed by atoms with Gasteiger partial charge in [-0.15, -0.1) is 11.3 Å². The lowest BCUT2D eigenvalue weighted by Gasteiger charge is -2.04. The Kier molecular flexibility index (Phi) is 4.16. The van der Waals surface area contributed by atoms with Crippen molar-refractivity contribution >= 4 is 17.3 Å². The Morgan fingerprint density at radius 3 is 2.58 bits per heavy atom. The Bertz CT molecular complexity index is 610. The van der Waals surface area contributed by atoms with E-state index in [0.717, 1.165) is 10.4 Å². The van der Waals surface area contributed by atoms with E-state index in [1.807, 2.05) is 12.1 Å². The molecule has 96 valence electrons. The molecule has 0 saturated heterocycles. The van der Waals surface area contributed by atoms with Crippen molar-refractivity contribution in [1.29, 1.82) is 5.26 Å². The number of aromatic carboxylic acids is 1. The van der Waals surface area contributed by atoms with Crippen molar-refractivity contribution in [1.82, 2.24) is 0 Å². The molecular formula is C14H11NO3S. The summed E-state index contributed by atoms with van der Waals surface area (Å²) >= 11 is 1.20. The predicted molar refractivity (Wildman–Crippen MR) is 71.4 cm³/mol. The number of hydrogen-bond donors (Lipinski definition) is 1. The molecule has 1 aromatic carbocycles. The van der Waals surface area contributed by atoms with Gasteiger partial charge in [-0.2, -0.15) is 5.26 Å². The van der Waals surface area contributed by atoms with Gasteiger partial charge in [-0.1, -0.05) is 12.1 Å². The molecule has 0 spiro atoms. The first kappa shape index (κ1) is 13.1. The molecule has 0 atom stereocenters. The van der Waals surface area contributed by atoms with Crippen LogP contribution in [0.2, 0.25) is 0 Å². The smallest absolute Gasteiger partial charge is 0.345 e. The van der Waals surface area contributed by atoms with E-state index in [9.17, 15) is 4.79 Å². The highest BCUT2D eigenvalue weighted by Crippen LogP contribution is 2.19. The molecule has 0 saturated carbocycles. The Labute approximate surface area is 114 Å². The maximum Gasteiger partial charge on any atom is 0.345 e. The van der Waals surface area contributed by atoms with Crippen molar-refractivity contribution in [3.05, 3.63) is 51.7 Å². The van der Waals surface area contributed by atoms with E-state index in [4.69, 9.17) is 15.1 Å². The van der Waals surface area contributed by atoms with Crippen LogP contribution in [0, 0.1) is 11.3 Å². The van der Waals surface area contributed by atoms with E-state index < -0.39 is 5.97 Å². The summed E-state index contributed by atoms with van der Waals surface area (Å²) in [4.78, 5) is 11.9. The number of ether oxygens (including phenoxy) is 1. The number of nitrogens with zero attached hydrogens (tertiary/aromatic N) is 1. The lowest BCUT2D eigenvalue weighted by Crippen LogP contribution is -1.93. The van der Waals surface area contributed by atoms with Crippen molar-refractivity contribution < 1.29 is 14.6 Å². The van der Waals surface area contributed by atoms with Gasteiger partial charge in [-0.3, -0.25) is 0 Å². The van der Waals surface area contributed by atoms with Crippen LogP contribution in [0.25, 0.3) is 0 Å². The molecule has 4 nitrogen and oxygen atoms in total. The number of hydrogen-bond acceptors (Lipinski definition) is 4. The van der Waals surface area contributed by atoms with Gasteiger partial charge in [0.05, 0.1) is 12.5 Å². The van der Waals surface area contributed by atoms with Gasteiger partial charge < -0.3 is 9.84 Å². The SMILES string of the molecule is N#CCc1ccc(OCc2ccc(C(=O)O)s2)cc1. The van der Waals surface area contributed by atoms with Crippen LogP contribution >= 0.6 is 11.3 Å². The Morgan fingerprint density at radius 2 is 2.00 bits per heavy atom. The molecule has 2 aromatic rings. The number of carboxylic acids is 1. The third kappa shape index (κ3) is 3.57. The molecule has 0 fully saturated rings. The molecule has 1 N–H and O–H groups in total. The maximum atomic E-state index is 10.7. The number of carbonyl (C=O) groups is 1. The molecule has 0 aliphatic heterocycles. The van der Waals surface area contributed by atoms with E-state index in [1.165, 1.54) is 11.3 Å². The highest BCUT2D eigenvalue weighted by Gasteiger charge is 2.07. The number of nitriles is 1. The van der Waals surface area contributed by atoms with Crippen LogP contribution in [0.3, 0.4) is 0 Å². The first-order valence-electron chi connectivity index (χ1n) is 5.60.